The lowest BCUT2D eigenvalue weighted by atomic mass is 9.74. The van der Waals surface area contributed by atoms with Gasteiger partial charge in [-0.05, 0) is 92.7 Å². The average molecular weight is 933 g/mol. The summed E-state index contributed by atoms with van der Waals surface area (Å²) in [6.07, 6.45) is -9.49. The van der Waals surface area contributed by atoms with Gasteiger partial charge in [-0.1, -0.05) is 26.8 Å². The minimum atomic E-state index is -2.23. The summed E-state index contributed by atoms with van der Waals surface area (Å²) in [6, 6.07) is 8.83. The van der Waals surface area contributed by atoms with Gasteiger partial charge in [-0.3, -0.25) is 19.4 Å². The Kier molecular flexibility index (Phi) is 17.8. The number of hydrogen-bond donors (Lipinski definition) is 7. The van der Waals surface area contributed by atoms with E-state index in [1.165, 1.54) is 27.9 Å². The first-order valence-corrected chi connectivity index (χ1v) is 23.2. The van der Waals surface area contributed by atoms with Gasteiger partial charge in [0.15, 0.2) is 12.6 Å². The number of Topliss-reactive ketones (excluding diaryl/α,β-unsaturated/α-hetero) is 1. The van der Waals surface area contributed by atoms with Crippen molar-refractivity contribution in [2.75, 3.05) is 39.6 Å². The monoisotopic (exact) mass is 933 g/mol. The van der Waals surface area contributed by atoms with Crippen molar-refractivity contribution in [2.24, 2.45) is 23.7 Å². The highest BCUT2D eigenvalue weighted by Crippen LogP contribution is 2.41. The van der Waals surface area contributed by atoms with Gasteiger partial charge in [-0.2, -0.15) is 0 Å². The van der Waals surface area contributed by atoms with Crippen molar-refractivity contribution >= 4 is 34.3 Å². The summed E-state index contributed by atoms with van der Waals surface area (Å²) in [6.45, 7) is 14.1. The molecule has 18 atom stereocenters. The molecule has 2 aromatic rings. The van der Waals surface area contributed by atoms with Crippen molar-refractivity contribution in [2.45, 2.75) is 172 Å². The van der Waals surface area contributed by atoms with Crippen LogP contribution in [0.3, 0.4) is 0 Å². The molecule has 0 saturated carbocycles. The van der Waals surface area contributed by atoms with Gasteiger partial charge >= 0.3 is 5.97 Å². The molecule has 1 amide bonds. The maximum atomic E-state index is 14.7. The zero-order valence-electron chi connectivity index (χ0n) is 40.7. The van der Waals surface area contributed by atoms with Crippen LogP contribution < -0.4 is 10.6 Å². The van der Waals surface area contributed by atoms with Gasteiger partial charge in [0.1, 0.15) is 29.7 Å². The number of carbonyl (C=O) groups is 3. The number of benzene rings is 1. The molecule has 3 saturated heterocycles. The molecule has 4 heterocycles. The summed E-state index contributed by atoms with van der Waals surface area (Å²) in [4.78, 5) is 48.3. The molecular weight excluding hydrogens is 857 g/mol. The standard InChI is InChI=1S/C48H76N4O14/c1-25-22-46(7,59)43(66-45-39(55)34(52(10)11)21-26(2)62-45)28(4)40(65-37-23-47(8,61-12)42(57)30(6)63-37)29(5)44(58)64-35(48(9,60)41(56)27(3)38(25)54)18-20-50-36(53)24-51-33-17-13-16-32-31(33)15-14-19-49-32/h13-17,19,25-30,34-35,37,39-43,45,51,55-57,59-60H,18,20-24H2,1-12H3,(H,50,53)/t25-,26?,27+,28+,29?,30?,34?,35-,37?,39?,40?,41?,42?,43?,45?,46?,47?,48?/m1/s1. The van der Waals surface area contributed by atoms with Crippen LogP contribution in [0.15, 0.2) is 36.5 Å². The van der Waals surface area contributed by atoms with Gasteiger partial charge < -0.3 is 69.5 Å². The first-order chi connectivity index (χ1) is 30.8. The topological polar surface area (TPSA) is 248 Å². The van der Waals surface area contributed by atoms with Crippen LogP contribution in [0.25, 0.3) is 10.9 Å². The molecule has 1 aromatic carbocycles. The minimum absolute atomic E-state index is 0.0350. The van der Waals surface area contributed by atoms with Crippen LogP contribution in [0.4, 0.5) is 5.69 Å². The third-order valence-electron chi connectivity index (χ3n) is 14.3. The molecule has 3 aliphatic heterocycles. The first-order valence-electron chi connectivity index (χ1n) is 23.2. The van der Waals surface area contributed by atoms with Crippen LogP contribution >= 0.6 is 0 Å². The highest BCUT2D eigenvalue weighted by molar-refractivity contribution is 5.93. The number of aliphatic hydroxyl groups excluding tert-OH is 3. The lowest BCUT2D eigenvalue weighted by Gasteiger charge is -2.49. The van der Waals surface area contributed by atoms with E-state index in [2.05, 4.69) is 15.6 Å². The van der Waals surface area contributed by atoms with E-state index in [0.717, 1.165) is 10.9 Å². The molecule has 372 valence electrons. The number of hydrogen-bond acceptors (Lipinski definition) is 17. The van der Waals surface area contributed by atoms with Crippen LogP contribution in [0, 0.1) is 23.7 Å². The van der Waals surface area contributed by atoms with Crippen molar-refractivity contribution < 1.29 is 68.3 Å². The number of esters is 1. The number of cyclic esters (lactones) is 1. The maximum Gasteiger partial charge on any atom is 0.311 e. The van der Waals surface area contributed by atoms with Crippen molar-refractivity contribution in [3.63, 3.8) is 0 Å². The van der Waals surface area contributed by atoms with Crippen molar-refractivity contribution in [3.05, 3.63) is 36.5 Å². The molecule has 0 aliphatic carbocycles. The summed E-state index contributed by atoms with van der Waals surface area (Å²) in [5.41, 5.74) is -3.75. The number of ether oxygens (including phenoxy) is 6. The quantitative estimate of drug-likeness (QED) is 0.151. The number of aromatic nitrogens is 1. The predicted octanol–water partition coefficient (Wildman–Crippen LogP) is 2.54. The number of methoxy groups -OCH3 is 1. The SMILES string of the molecule is COC1(C)CC(OC2C(C)C(=O)O[C@H](CCNC(=O)CNc3cccc4ncccc34)C(C)(O)C(O)[C@@H](C)C(=O)[C@H](C)CC(C)(O)C(OC3OC(C)CC(N(C)C)C3O)[C@H]2C)OC(C)C1O. The molecule has 18 heteroatoms. The first kappa shape index (κ1) is 53.6. The molecule has 1 aromatic heterocycles. The maximum absolute atomic E-state index is 14.7. The van der Waals surface area contributed by atoms with E-state index in [1.807, 2.05) is 50.2 Å². The second-order valence-corrected chi connectivity index (χ2v) is 19.9. The number of amides is 1. The molecule has 7 N–H and O–H groups in total. The fraction of sp³-hybridized carbons (Fsp3) is 0.750. The molecule has 0 bridgehead atoms. The Balaban J connectivity index is 1.49. The molecule has 0 spiro atoms. The Bertz CT molecular complexity index is 1950. The fourth-order valence-corrected chi connectivity index (χ4v) is 10.1. The number of rotatable bonds is 12. The van der Waals surface area contributed by atoms with Crippen LogP contribution in [0.1, 0.15) is 88.0 Å². The van der Waals surface area contributed by atoms with Crippen LogP contribution in [-0.2, 0) is 42.8 Å². The van der Waals surface area contributed by atoms with Gasteiger partial charge in [0.25, 0.3) is 0 Å². The Morgan fingerprint density at radius 3 is 2.29 bits per heavy atom. The smallest absolute Gasteiger partial charge is 0.311 e. The largest absolute Gasteiger partial charge is 0.459 e. The van der Waals surface area contributed by atoms with E-state index in [1.54, 1.807) is 46.9 Å². The zero-order chi connectivity index (χ0) is 49.1. The molecule has 3 fully saturated rings. The number of aliphatic hydroxyl groups is 5. The summed E-state index contributed by atoms with van der Waals surface area (Å²) in [5.74, 6) is -6.03. The number of carbonyl (C=O) groups excluding carboxylic acids is 3. The average Bonchev–Trinajstić information content (AvgIpc) is 3.26. The molecular formula is C48H76N4O14. The van der Waals surface area contributed by atoms with Crippen LogP contribution in [0.2, 0.25) is 0 Å². The molecule has 0 radical (unpaired) electrons. The normalized spacial score (nSPS) is 41.0. The lowest BCUT2D eigenvalue weighted by Crippen LogP contribution is -2.61. The van der Waals surface area contributed by atoms with Gasteiger partial charge in [0.05, 0.1) is 59.7 Å². The van der Waals surface area contributed by atoms with Gasteiger partial charge in [0.2, 0.25) is 5.91 Å². The van der Waals surface area contributed by atoms with Crippen molar-refractivity contribution in [1.29, 1.82) is 0 Å². The third kappa shape index (κ3) is 12.1. The van der Waals surface area contributed by atoms with E-state index in [0.29, 0.717) is 12.1 Å². The predicted molar refractivity (Wildman–Crippen MR) is 244 cm³/mol. The Morgan fingerprint density at radius 1 is 0.924 bits per heavy atom. The highest BCUT2D eigenvalue weighted by atomic mass is 16.7. The Labute approximate surface area is 389 Å². The number of likely N-dealkylation sites (N-methyl/N-ethyl adjacent to an activating group) is 1. The van der Waals surface area contributed by atoms with Crippen molar-refractivity contribution in [3.8, 4) is 0 Å². The number of nitrogens with zero attached hydrogens (tertiary/aromatic N) is 2. The van der Waals surface area contributed by atoms with E-state index >= 15 is 0 Å². The van der Waals surface area contributed by atoms with Crippen LogP contribution in [0.5, 0.6) is 0 Å². The van der Waals surface area contributed by atoms with Gasteiger partial charge in [0, 0.05) is 67.6 Å². The summed E-state index contributed by atoms with van der Waals surface area (Å²) in [7, 11) is 5.13. The summed E-state index contributed by atoms with van der Waals surface area (Å²) in [5, 5.41) is 66.0. The fourth-order valence-electron chi connectivity index (χ4n) is 10.1. The second-order valence-electron chi connectivity index (χ2n) is 19.9. The number of fused-ring (bicyclic) bond motifs is 1. The molecule has 66 heavy (non-hydrogen) atoms. The Morgan fingerprint density at radius 2 is 1.62 bits per heavy atom. The molecule has 3 aliphatic rings. The van der Waals surface area contributed by atoms with E-state index < -0.39 is 113 Å². The number of ketones is 1. The zero-order valence-corrected chi connectivity index (χ0v) is 40.7. The minimum Gasteiger partial charge on any atom is -0.459 e. The lowest BCUT2D eigenvalue weighted by molar-refractivity contribution is -0.318. The number of anilines is 1. The molecule has 5 rings (SSSR count). The van der Waals surface area contributed by atoms with E-state index in [-0.39, 0.29) is 44.5 Å². The van der Waals surface area contributed by atoms with E-state index in [4.69, 9.17) is 28.4 Å². The third-order valence-corrected chi connectivity index (χ3v) is 14.3. The van der Waals surface area contributed by atoms with Crippen LogP contribution in [-0.4, -0.2) is 172 Å². The number of nitrogens with one attached hydrogen (secondary N) is 2. The Hall–Kier alpha value is -3.40. The summed E-state index contributed by atoms with van der Waals surface area (Å²) >= 11 is 0. The van der Waals surface area contributed by atoms with Gasteiger partial charge in [-0.15, -0.1) is 0 Å². The highest BCUT2D eigenvalue weighted by Gasteiger charge is 2.53. The molecule has 14 unspecified atom stereocenters. The second kappa shape index (κ2) is 21.9. The van der Waals surface area contributed by atoms with Gasteiger partial charge in [-0.25, -0.2) is 0 Å². The van der Waals surface area contributed by atoms with E-state index in [9.17, 15) is 39.9 Å². The molecule has 18 nitrogen and oxygen atoms in total. The summed E-state index contributed by atoms with van der Waals surface area (Å²) < 4.78 is 37.7. The number of pyridine rings is 1. The van der Waals surface area contributed by atoms with Crippen molar-refractivity contribution in [1.82, 2.24) is 15.2 Å².